The van der Waals surface area contributed by atoms with Gasteiger partial charge in [0.05, 0.1) is 5.02 Å². The predicted molar refractivity (Wildman–Crippen MR) is 80.0 cm³/mol. The highest BCUT2D eigenvalue weighted by atomic mass is 35.5. The Labute approximate surface area is 127 Å². The molecule has 0 amide bonds. The first kappa shape index (κ1) is 15.2. The second-order valence-corrected chi connectivity index (χ2v) is 6.94. The van der Waals surface area contributed by atoms with Gasteiger partial charge in [-0.2, -0.15) is 5.10 Å². The number of hydrogen-bond donors (Lipinski definition) is 1. The Bertz CT molecular complexity index is 769. The minimum Gasteiger partial charge on any atom is -0.273 e. The maximum Gasteiger partial charge on any atom is 0.264 e. The van der Waals surface area contributed by atoms with Crippen molar-refractivity contribution in [2.24, 2.45) is 7.05 Å². The molecule has 0 spiro atoms. The van der Waals surface area contributed by atoms with E-state index in [0.29, 0.717) is 10.6 Å². The summed E-state index contributed by atoms with van der Waals surface area (Å²) in [6, 6.07) is 2.85. The van der Waals surface area contributed by atoms with Gasteiger partial charge in [-0.05, 0) is 31.5 Å². The van der Waals surface area contributed by atoms with Gasteiger partial charge in [-0.15, -0.1) is 0 Å². The van der Waals surface area contributed by atoms with Crippen molar-refractivity contribution in [3.8, 4) is 0 Å². The molecular weight excluding hydrogens is 321 g/mol. The maximum absolute atomic E-state index is 12.4. The highest BCUT2D eigenvalue weighted by Crippen LogP contribution is 2.29. The number of halogens is 2. The molecule has 1 aromatic heterocycles. The summed E-state index contributed by atoms with van der Waals surface area (Å²) in [5, 5.41) is 4.54. The lowest BCUT2D eigenvalue weighted by Crippen LogP contribution is -2.15. The van der Waals surface area contributed by atoms with Crippen molar-refractivity contribution in [1.29, 1.82) is 0 Å². The van der Waals surface area contributed by atoms with Crippen LogP contribution in [0.15, 0.2) is 23.2 Å². The fraction of sp³-hybridized carbons (Fsp3) is 0.250. The number of aryl methyl sites for hydroxylation is 3. The van der Waals surface area contributed by atoms with Crippen molar-refractivity contribution in [1.82, 2.24) is 9.78 Å². The first-order valence-corrected chi connectivity index (χ1v) is 7.93. The molecule has 0 saturated carbocycles. The molecule has 0 aliphatic rings. The lowest BCUT2D eigenvalue weighted by Gasteiger charge is -2.10. The fourth-order valence-electron chi connectivity index (χ4n) is 1.73. The summed E-state index contributed by atoms with van der Waals surface area (Å²) in [4.78, 5) is -0.0221. The third kappa shape index (κ3) is 2.92. The van der Waals surface area contributed by atoms with E-state index in [1.807, 2.05) is 0 Å². The quantitative estimate of drug-likeness (QED) is 0.938. The van der Waals surface area contributed by atoms with E-state index in [9.17, 15) is 8.42 Å². The van der Waals surface area contributed by atoms with E-state index >= 15 is 0 Å². The highest BCUT2D eigenvalue weighted by Gasteiger charge is 2.21. The molecular formula is C12H13Cl2N3O2S. The van der Waals surface area contributed by atoms with Gasteiger partial charge >= 0.3 is 0 Å². The van der Waals surface area contributed by atoms with Crippen LogP contribution in [0.4, 0.5) is 5.82 Å². The zero-order valence-electron chi connectivity index (χ0n) is 11.1. The van der Waals surface area contributed by atoms with Gasteiger partial charge in [0.1, 0.15) is 4.90 Å². The Kier molecular flexibility index (Phi) is 4.00. The van der Waals surface area contributed by atoms with E-state index in [-0.39, 0.29) is 15.7 Å². The van der Waals surface area contributed by atoms with Crippen LogP contribution in [0, 0.1) is 13.8 Å². The van der Waals surface area contributed by atoms with E-state index in [0.717, 1.165) is 5.56 Å². The third-order valence-electron chi connectivity index (χ3n) is 2.75. The molecule has 5 nitrogen and oxygen atoms in total. The molecule has 2 rings (SSSR count). The second kappa shape index (κ2) is 5.27. The van der Waals surface area contributed by atoms with Crippen LogP contribution in [0.1, 0.15) is 11.1 Å². The number of aromatic nitrogens is 2. The average molecular weight is 334 g/mol. The summed E-state index contributed by atoms with van der Waals surface area (Å²) in [7, 11) is -2.10. The number of anilines is 1. The van der Waals surface area contributed by atoms with Crippen LogP contribution < -0.4 is 4.72 Å². The molecule has 0 fully saturated rings. The molecule has 0 aliphatic heterocycles. The topological polar surface area (TPSA) is 64.0 Å². The SMILES string of the molecule is Cc1cc(S(=O)(=O)Nc2nn(C)cc2C)c(Cl)cc1Cl. The average Bonchev–Trinajstić information content (AvgIpc) is 2.61. The molecule has 0 saturated heterocycles. The largest absolute Gasteiger partial charge is 0.273 e. The van der Waals surface area contributed by atoms with Gasteiger partial charge < -0.3 is 0 Å². The van der Waals surface area contributed by atoms with E-state index < -0.39 is 10.0 Å². The summed E-state index contributed by atoms with van der Waals surface area (Å²) < 4.78 is 28.7. The molecule has 0 aliphatic carbocycles. The molecule has 1 N–H and O–H groups in total. The molecule has 1 aromatic carbocycles. The zero-order valence-corrected chi connectivity index (χ0v) is 13.4. The number of hydrogen-bond acceptors (Lipinski definition) is 3. The minimum atomic E-state index is -3.81. The predicted octanol–water partition coefficient (Wildman–Crippen LogP) is 3.14. The Morgan fingerprint density at radius 3 is 2.35 bits per heavy atom. The van der Waals surface area contributed by atoms with Crippen molar-refractivity contribution in [2.75, 3.05) is 4.72 Å². The molecule has 0 unspecified atom stereocenters. The zero-order chi connectivity index (χ0) is 15.1. The molecule has 2 aromatic rings. The van der Waals surface area contributed by atoms with Gasteiger partial charge in [0, 0.05) is 23.8 Å². The monoisotopic (exact) mass is 333 g/mol. The summed E-state index contributed by atoms with van der Waals surface area (Å²) >= 11 is 11.9. The van der Waals surface area contributed by atoms with E-state index in [1.165, 1.54) is 16.8 Å². The third-order valence-corrected chi connectivity index (χ3v) is 4.96. The van der Waals surface area contributed by atoms with Crippen molar-refractivity contribution in [3.05, 3.63) is 39.5 Å². The lowest BCUT2D eigenvalue weighted by molar-refractivity contribution is 0.600. The number of sulfonamides is 1. The summed E-state index contributed by atoms with van der Waals surface area (Å²) in [6.07, 6.45) is 1.71. The van der Waals surface area contributed by atoms with Crippen molar-refractivity contribution in [2.45, 2.75) is 18.7 Å². The van der Waals surface area contributed by atoms with Crippen molar-refractivity contribution < 1.29 is 8.42 Å². The van der Waals surface area contributed by atoms with Crippen LogP contribution >= 0.6 is 23.2 Å². The lowest BCUT2D eigenvalue weighted by atomic mass is 10.2. The normalized spacial score (nSPS) is 11.7. The molecule has 1 heterocycles. The Morgan fingerprint density at radius 1 is 1.15 bits per heavy atom. The maximum atomic E-state index is 12.4. The smallest absolute Gasteiger partial charge is 0.264 e. The molecule has 0 radical (unpaired) electrons. The fourth-order valence-corrected chi connectivity index (χ4v) is 3.63. The first-order chi connectivity index (χ1) is 9.20. The molecule has 0 atom stereocenters. The molecule has 0 bridgehead atoms. The Morgan fingerprint density at radius 2 is 1.80 bits per heavy atom. The van der Waals surface area contributed by atoms with E-state index in [4.69, 9.17) is 23.2 Å². The Balaban J connectivity index is 2.46. The number of benzene rings is 1. The number of rotatable bonds is 3. The van der Waals surface area contributed by atoms with Gasteiger partial charge in [0.15, 0.2) is 5.82 Å². The standard InChI is InChI=1S/C12H13Cl2N3O2S/c1-7-4-11(10(14)5-9(7)13)20(18,19)16-12-8(2)6-17(3)15-12/h4-6H,1-3H3,(H,15,16). The highest BCUT2D eigenvalue weighted by molar-refractivity contribution is 7.92. The number of nitrogens with one attached hydrogen (secondary N) is 1. The van der Waals surface area contributed by atoms with E-state index in [2.05, 4.69) is 9.82 Å². The first-order valence-electron chi connectivity index (χ1n) is 5.69. The van der Waals surface area contributed by atoms with Crippen LogP contribution in [-0.4, -0.2) is 18.2 Å². The Hall–Kier alpha value is -1.24. The second-order valence-electron chi connectivity index (χ2n) is 4.47. The van der Waals surface area contributed by atoms with Crippen LogP contribution in [0.5, 0.6) is 0 Å². The summed E-state index contributed by atoms with van der Waals surface area (Å²) in [5.74, 6) is 0.274. The van der Waals surface area contributed by atoms with Crippen LogP contribution in [-0.2, 0) is 17.1 Å². The van der Waals surface area contributed by atoms with Crippen LogP contribution in [0.25, 0.3) is 0 Å². The number of nitrogens with zero attached hydrogens (tertiary/aromatic N) is 2. The summed E-state index contributed by atoms with van der Waals surface area (Å²) in [5.41, 5.74) is 1.35. The molecule has 108 valence electrons. The van der Waals surface area contributed by atoms with Gasteiger partial charge in [-0.25, -0.2) is 8.42 Å². The minimum absolute atomic E-state index is 0.0221. The van der Waals surface area contributed by atoms with Gasteiger partial charge in [-0.1, -0.05) is 23.2 Å². The van der Waals surface area contributed by atoms with Crippen LogP contribution in [0.3, 0.4) is 0 Å². The van der Waals surface area contributed by atoms with Gasteiger partial charge in [0.25, 0.3) is 10.0 Å². The molecule has 8 heteroatoms. The van der Waals surface area contributed by atoms with Crippen molar-refractivity contribution in [3.63, 3.8) is 0 Å². The molecule has 20 heavy (non-hydrogen) atoms. The summed E-state index contributed by atoms with van der Waals surface area (Å²) in [6.45, 7) is 3.48. The van der Waals surface area contributed by atoms with Crippen molar-refractivity contribution >= 4 is 39.0 Å². The van der Waals surface area contributed by atoms with Crippen LogP contribution in [0.2, 0.25) is 10.0 Å². The van der Waals surface area contributed by atoms with Gasteiger partial charge in [-0.3, -0.25) is 9.40 Å². The van der Waals surface area contributed by atoms with E-state index in [1.54, 1.807) is 27.1 Å². The van der Waals surface area contributed by atoms with Gasteiger partial charge in [0.2, 0.25) is 0 Å².